The lowest BCUT2D eigenvalue weighted by molar-refractivity contribution is 0.0718. The Labute approximate surface area is 143 Å². The number of piperidine rings is 1. The Bertz CT molecular complexity index is 701. The first kappa shape index (κ1) is 17.1. The maximum absolute atomic E-state index is 12.6. The monoisotopic (exact) mass is 352 g/mol. The Kier molecular flexibility index (Phi) is 5.03. The molecule has 0 saturated carbocycles. The van der Waals surface area contributed by atoms with Crippen LogP contribution >= 0.6 is 0 Å². The number of nitrogens with zero attached hydrogens (tertiary/aromatic N) is 4. The van der Waals surface area contributed by atoms with Gasteiger partial charge >= 0.3 is 0 Å². The number of carbonyl (C=O) groups excluding carboxylic acids is 1. The van der Waals surface area contributed by atoms with Crippen molar-refractivity contribution < 1.29 is 13.2 Å². The van der Waals surface area contributed by atoms with Crippen LogP contribution in [0.15, 0.2) is 12.3 Å². The summed E-state index contributed by atoms with van der Waals surface area (Å²) in [6.07, 6.45) is 5.41. The van der Waals surface area contributed by atoms with Gasteiger partial charge in [0.05, 0.1) is 11.5 Å². The molecule has 0 aromatic carbocycles. The highest BCUT2D eigenvalue weighted by molar-refractivity contribution is 7.91. The first-order valence-electron chi connectivity index (χ1n) is 8.59. The van der Waals surface area contributed by atoms with Crippen molar-refractivity contribution in [3.63, 3.8) is 0 Å². The molecule has 0 N–H and O–H groups in total. The largest absolute Gasteiger partial charge is 0.337 e. The van der Waals surface area contributed by atoms with Gasteiger partial charge in [-0.25, -0.2) is 18.4 Å². The van der Waals surface area contributed by atoms with Crippen LogP contribution in [0, 0.1) is 0 Å². The minimum atomic E-state index is -2.97. The second-order valence-electron chi connectivity index (χ2n) is 6.44. The molecule has 0 aliphatic carbocycles. The predicted molar refractivity (Wildman–Crippen MR) is 91.9 cm³/mol. The number of likely N-dealkylation sites (tertiary alicyclic amines) is 1. The van der Waals surface area contributed by atoms with E-state index in [0.717, 1.165) is 25.9 Å². The van der Waals surface area contributed by atoms with E-state index in [1.807, 2.05) is 16.7 Å². The molecule has 0 radical (unpaired) electrons. The van der Waals surface area contributed by atoms with Crippen molar-refractivity contribution >= 4 is 21.7 Å². The van der Waals surface area contributed by atoms with Gasteiger partial charge in [-0.3, -0.25) is 4.79 Å². The summed E-state index contributed by atoms with van der Waals surface area (Å²) in [7, 11) is -2.97. The van der Waals surface area contributed by atoms with Gasteiger partial charge in [0.25, 0.3) is 5.91 Å². The molecule has 0 bridgehead atoms. The van der Waals surface area contributed by atoms with Crippen LogP contribution in [0.5, 0.6) is 0 Å². The van der Waals surface area contributed by atoms with Crippen LogP contribution in [0.4, 0.5) is 5.95 Å². The molecular formula is C16H24N4O3S. The van der Waals surface area contributed by atoms with Crippen LogP contribution < -0.4 is 4.90 Å². The van der Waals surface area contributed by atoms with Crippen LogP contribution in [-0.4, -0.2) is 66.4 Å². The summed E-state index contributed by atoms with van der Waals surface area (Å²) in [5.74, 6) is 0.727. The fourth-order valence-corrected chi connectivity index (χ4v) is 5.18. The Morgan fingerprint density at radius 2 is 2.08 bits per heavy atom. The average molecular weight is 352 g/mol. The molecule has 2 saturated heterocycles. The van der Waals surface area contributed by atoms with Crippen molar-refractivity contribution in [2.75, 3.05) is 36.0 Å². The Hall–Kier alpha value is -1.70. The molecule has 132 valence electrons. The molecule has 1 unspecified atom stereocenters. The number of hydrogen-bond acceptors (Lipinski definition) is 6. The number of aromatic nitrogens is 2. The molecule has 1 atom stereocenters. The van der Waals surface area contributed by atoms with E-state index in [1.165, 1.54) is 6.42 Å². The van der Waals surface area contributed by atoms with Gasteiger partial charge < -0.3 is 9.80 Å². The molecule has 3 rings (SSSR count). The topological polar surface area (TPSA) is 83.5 Å². The summed E-state index contributed by atoms with van der Waals surface area (Å²) in [5, 5.41) is 0. The summed E-state index contributed by atoms with van der Waals surface area (Å²) in [6.45, 7) is 4.11. The first-order chi connectivity index (χ1) is 11.5. The number of carbonyl (C=O) groups is 1. The third-order valence-electron chi connectivity index (χ3n) is 4.75. The third-order valence-corrected chi connectivity index (χ3v) is 6.50. The molecule has 2 aliphatic rings. The fourth-order valence-electron chi connectivity index (χ4n) is 3.45. The van der Waals surface area contributed by atoms with E-state index in [-0.39, 0.29) is 23.5 Å². The molecule has 1 aromatic heterocycles. The predicted octanol–water partition coefficient (Wildman–Crippen LogP) is 1.12. The summed E-state index contributed by atoms with van der Waals surface area (Å²) < 4.78 is 23.5. The van der Waals surface area contributed by atoms with Crippen LogP contribution in [0.3, 0.4) is 0 Å². The maximum Gasteiger partial charge on any atom is 0.272 e. The van der Waals surface area contributed by atoms with E-state index in [2.05, 4.69) is 9.97 Å². The number of hydrogen-bond donors (Lipinski definition) is 0. The van der Waals surface area contributed by atoms with Crippen molar-refractivity contribution in [3.05, 3.63) is 18.0 Å². The third kappa shape index (κ3) is 3.68. The highest BCUT2D eigenvalue weighted by Gasteiger charge is 2.33. The molecule has 1 amide bonds. The molecule has 3 heterocycles. The van der Waals surface area contributed by atoms with E-state index >= 15 is 0 Å². The van der Waals surface area contributed by atoms with Gasteiger partial charge in [0.2, 0.25) is 5.95 Å². The lowest BCUT2D eigenvalue weighted by Crippen LogP contribution is -2.39. The van der Waals surface area contributed by atoms with Gasteiger partial charge in [-0.1, -0.05) is 0 Å². The molecule has 7 nitrogen and oxygen atoms in total. The number of amides is 1. The summed E-state index contributed by atoms with van der Waals surface area (Å²) in [6, 6.07) is 1.53. The minimum absolute atomic E-state index is 0.0616. The zero-order valence-corrected chi connectivity index (χ0v) is 14.8. The Morgan fingerprint density at radius 3 is 2.71 bits per heavy atom. The van der Waals surface area contributed by atoms with Gasteiger partial charge in [0.15, 0.2) is 9.84 Å². The smallest absolute Gasteiger partial charge is 0.272 e. The van der Waals surface area contributed by atoms with Crippen LogP contribution in [-0.2, 0) is 9.84 Å². The molecular weight excluding hydrogens is 328 g/mol. The first-order valence-corrected chi connectivity index (χ1v) is 10.4. The summed E-state index contributed by atoms with van der Waals surface area (Å²) in [4.78, 5) is 25.1. The van der Waals surface area contributed by atoms with Crippen molar-refractivity contribution in [1.82, 2.24) is 14.9 Å². The SMILES string of the molecule is CCN(c1nccc(C(=O)N2CCCCC2)n1)C1CCS(=O)(=O)C1. The lowest BCUT2D eigenvalue weighted by atomic mass is 10.1. The van der Waals surface area contributed by atoms with Gasteiger partial charge in [0, 0.05) is 31.9 Å². The van der Waals surface area contributed by atoms with Crippen molar-refractivity contribution in [2.45, 2.75) is 38.6 Å². The molecule has 0 spiro atoms. The van der Waals surface area contributed by atoms with Gasteiger partial charge in [-0.05, 0) is 38.7 Å². The highest BCUT2D eigenvalue weighted by Crippen LogP contribution is 2.22. The minimum Gasteiger partial charge on any atom is -0.337 e. The number of rotatable bonds is 4. The quantitative estimate of drug-likeness (QED) is 0.807. The summed E-state index contributed by atoms with van der Waals surface area (Å²) >= 11 is 0. The van der Waals surface area contributed by atoms with E-state index in [1.54, 1.807) is 12.3 Å². The molecule has 24 heavy (non-hydrogen) atoms. The molecule has 2 aliphatic heterocycles. The van der Waals surface area contributed by atoms with Crippen LogP contribution in [0.2, 0.25) is 0 Å². The van der Waals surface area contributed by atoms with E-state index in [9.17, 15) is 13.2 Å². The van der Waals surface area contributed by atoms with Crippen LogP contribution in [0.25, 0.3) is 0 Å². The Morgan fingerprint density at radius 1 is 1.33 bits per heavy atom. The highest BCUT2D eigenvalue weighted by atomic mass is 32.2. The number of sulfone groups is 1. The second-order valence-corrected chi connectivity index (χ2v) is 8.67. The van der Waals surface area contributed by atoms with E-state index in [4.69, 9.17) is 0 Å². The van der Waals surface area contributed by atoms with Crippen LogP contribution in [0.1, 0.15) is 43.1 Å². The molecule has 1 aromatic rings. The average Bonchev–Trinajstić information content (AvgIpc) is 2.95. The zero-order valence-electron chi connectivity index (χ0n) is 14.0. The maximum atomic E-state index is 12.6. The second kappa shape index (κ2) is 7.04. The molecule has 8 heteroatoms. The number of anilines is 1. The standard InChI is InChI=1S/C16H24N4O3S/c1-2-20(13-7-11-24(22,23)12-13)16-17-8-6-14(18-16)15(21)19-9-4-3-5-10-19/h6,8,13H,2-5,7,9-12H2,1H3. The van der Waals surface area contributed by atoms with Crippen molar-refractivity contribution in [3.8, 4) is 0 Å². The summed E-state index contributed by atoms with van der Waals surface area (Å²) in [5.41, 5.74) is 0.390. The van der Waals surface area contributed by atoms with Crippen molar-refractivity contribution in [2.24, 2.45) is 0 Å². The molecule has 2 fully saturated rings. The lowest BCUT2D eigenvalue weighted by Gasteiger charge is -2.28. The zero-order chi connectivity index (χ0) is 17.2. The normalized spacial score (nSPS) is 23.2. The van der Waals surface area contributed by atoms with Gasteiger partial charge in [0.1, 0.15) is 5.69 Å². The Balaban J connectivity index is 1.79. The van der Waals surface area contributed by atoms with E-state index in [0.29, 0.717) is 24.6 Å². The fraction of sp³-hybridized carbons (Fsp3) is 0.688. The van der Waals surface area contributed by atoms with Gasteiger partial charge in [-0.15, -0.1) is 0 Å². The van der Waals surface area contributed by atoms with Crippen molar-refractivity contribution in [1.29, 1.82) is 0 Å². The van der Waals surface area contributed by atoms with Gasteiger partial charge in [-0.2, -0.15) is 0 Å². The van der Waals surface area contributed by atoms with E-state index < -0.39 is 9.84 Å².